The predicted octanol–water partition coefficient (Wildman–Crippen LogP) is 2.85. The Bertz CT molecular complexity index is 1340. The molecule has 170 valence electrons. The monoisotopic (exact) mass is 446 g/mol. The fraction of sp³-hybridized carbons (Fsp3) is 0.240. The molecule has 33 heavy (non-hydrogen) atoms. The number of ether oxygens (including phenoxy) is 2. The third-order valence-electron chi connectivity index (χ3n) is 5.45. The van der Waals surface area contributed by atoms with Crippen LogP contribution in [0.1, 0.15) is 11.1 Å². The SMILES string of the molecule is COc1ccc(CCNC(=O)Cn2ccn3nc(-c4ccc(C)cc4)cc3c2=O)cc1OC. The summed E-state index contributed by atoms with van der Waals surface area (Å²) in [5.41, 5.74) is 3.97. The van der Waals surface area contributed by atoms with Crippen molar-refractivity contribution < 1.29 is 14.3 Å². The fourth-order valence-electron chi connectivity index (χ4n) is 3.61. The largest absolute Gasteiger partial charge is 0.493 e. The van der Waals surface area contributed by atoms with Gasteiger partial charge in [-0.2, -0.15) is 5.10 Å². The molecule has 0 aliphatic carbocycles. The summed E-state index contributed by atoms with van der Waals surface area (Å²) in [4.78, 5) is 25.3. The highest BCUT2D eigenvalue weighted by Gasteiger charge is 2.11. The molecule has 0 saturated carbocycles. The maximum absolute atomic E-state index is 12.9. The molecule has 4 aromatic rings. The number of aromatic nitrogens is 3. The Hall–Kier alpha value is -4.07. The van der Waals surface area contributed by atoms with Crippen molar-refractivity contribution in [1.29, 1.82) is 0 Å². The van der Waals surface area contributed by atoms with Crippen LogP contribution in [0.3, 0.4) is 0 Å². The van der Waals surface area contributed by atoms with Crippen molar-refractivity contribution in [3.8, 4) is 22.8 Å². The van der Waals surface area contributed by atoms with E-state index in [1.54, 1.807) is 37.2 Å². The molecule has 4 rings (SSSR count). The zero-order chi connectivity index (χ0) is 23.4. The van der Waals surface area contributed by atoms with Crippen LogP contribution in [0.25, 0.3) is 16.8 Å². The van der Waals surface area contributed by atoms with Crippen molar-refractivity contribution in [3.63, 3.8) is 0 Å². The maximum Gasteiger partial charge on any atom is 0.277 e. The van der Waals surface area contributed by atoms with Gasteiger partial charge in [-0.3, -0.25) is 9.59 Å². The van der Waals surface area contributed by atoms with Crippen molar-refractivity contribution in [2.24, 2.45) is 0 Å². The van der Waals surface area contributed by atoms with Gasteiger partial charge >= 0.3 is 0 Å². The summed E-state index contributed by atoms with van der Waals surface area (Å²) in [5.74, 6) is 1.07. The molecule has 0 fully saturated rings. The Morgan fingerprint density at radius 3 is 2.48 bits per heavy atom. The number of benzene rings is 2. The molecule has 0 aliphatic rings. The normalized spacial score (nSPS) is 10.9. The van der Waals surface area contributed by atoms with Crippen LogP contribution in [0.4, 0.5) is 0 Å². The summed E-state index contributed by atoms with van der Waals surface area (Å²) in [7, 11) is 3.17. The molecule has 1 N–H and O–H groups in total. The Kier molecular flexibility index (Phi) is 6.44. The highest BCUT2D eigenvalue weighted by molar-refractivity contribution is 5.76. The number of carbonyl (C=O) groups excluding carboxylic acids is 1. The summed E-state index contributed by atoms with van der Waals surface area (Å²) < 4.78 is 13.5. The number of fused-ring (bicyclic) bond motifs is 1. The molecule has 0 aliphatic heterocycles. The van der Waals surface area contributed by atoms with Gasteiger partial charge in [0.05, 0.1) is 19.9 Å². The summed E-state index contributed by atoms with van der Waals surface area (Å²) in [6, 6.07) is 15.3. The van der Waals surface area contributed by atoms with E-state index in [9.17, 15) is 9.59 Å². The van der Waals surface area contributed by atoms with E-state index in [-0.39, 0.29) is 18.0 Å². The highest BCUT2D eigenvalue weighted by Crippen LogP contribution is 2.27. The van der Waals surface area contributed by atoms with Crippen LogP contribution in [0, 0.1) is 6.92 Å². The van der Waals surface area contributed by atoms with Gasteiger partial charge in [-0.25, -0.2) is 4.52 Å². The van der Waals surface area contributed by atoms with Gasteiger partial charge in [0.1, 0.15) is 12.1 Å². The van der Waals surface area contributed by atoms with E-state index in [1.807, 2.05) is 49.4 Å². The van der Waals surface area contributed by atoms with Gasteiger partial charge in [0.2, 0.25) is 5.91 Å². The number of amides is 1. The van der Waals surface area contributed by atoms with Crippen LogP contribution in [0.5, 0.6) is 11.5 Å². The highest BCUT2D eigenvalue weighted by atomic mass is 16.5. The molecule has 2 aromatic carbocycles. The van der Waals surface area contributed by atoms with Gasteiger partial charge in [0.25, 0.3) is 5.56 Å². The molecular formula is C25H26N4O4. The summed E-state index contributed by atoms with van der Waals surface area (Å²) in [6.07, 6.45) is 3.89. The first-order chi connectivity index (χ1) is 16.0. The van der Waals surface area contributed by atoms with Crippen molar-refractivity contribution >= 4 is 11.4 Å². The van der Waals surface area contributed by atoms with Crippen LogP contribution >= 0.6 is 0 Å². The second kappa shape index (κ2) is 9.60. The van der Waals surface area contributed by atoms with E-state index in [4.69, 9.17) is 9.47 Å². The second-order valence-corrected chi connectivity index (χ2v) is 7.75. The number of rotatable bonds is 8. The molecule has 0 spiro atoms. The Morgan fingerprint density at radius 1 is 1.00 bits per heavy atom. The number of aryl methyl sites for hydroxylation is 1. The molecule has 0 atom stereocenters. The number of methoxy groups -OCH3 is 2. The lowest BCUT2D eigenvalue weighted by Gasteiger charge is -2.10. The summed E-state index contributed by atoms with van der Waals surface area (Å²) in [6.45, 7) is 2.40. The number of nitrogens with zero attached hydrogens (tertiary/aromatic N) is 3. The minimum atomic E-state index is -0.265. The lowest BCUT2D eigenvalue weighted by atomic mass is 10.1. The maximum atomic E-state index is 12.9. The molecule has 8 heteroatoms. The third kappa shape index (κ3) is 4.90. The lowest BCUT2D eigenvalue weighted by Crippen LogP contribution is -2.33. The van der Waals surface area contributed by atoms with E-state index < -0.39 is 0 Å². The van der Waals surface area contributed by atoms with Crippen molar-refractivity contribution in [3.05, 3.63) is 82.4 Å². The molecule has 0 bridgehead atoms. The third-order valence-corrected chi connectivity index (χ3v) is 5.45. The number of carbonyl (C=O) groups is 1. The van der Waals surface area contributed by atoms with Crippen LogP contribution in [0.15, 0.2) is 65.7 Å². The van der Waals surface area contributed by atoms with Crippen LogP contribution in [-0.4, -0.2) is 40.9 Å². The lowest BCUT2D eigenvalue weighted by molar-refractivity contribution is -0.121. The predicted molar refractivity (Wildman–Crippen MR) is 126 cm³/mol. The van der Waals surface area contributed by atoms with Gasteiger partial charge in [-0.1, -0.05) is 35.9 Å². The summed E-state index contributed by atoms with van der Waals surface area (Å²) in [5, 5.41) is 7.35. The number of nitrogens with one attached hydrogen (secondary N) is 1. The minimum Gasteiger partial charge on any atom is -0.493 e. The molecule has 0 radical (unpaired) electrons. The molecular weight excluding hydrogens is 420 g/mol. The molecule has 2 heterocycles. The van der Waals surface area contributed by atoms with Gasteiger partial charge in [-0.15, -0.1) is 0 Å². The van der Waals surface area contributed by atoms with Crippen molar-refractivity contribution in [1.82, 2.24) is 19.5 Å². The first-order valence-corrected chi connectivity index (χ1v) is 10.6. The Balaban J connectivity index is 1.41. The minimum absolute atomic E-state index is 0.0632. The zero-order valence-electron chi connectivity index (χ0n) is 18.9. The van der Waals surface area contributed by atoms with Crippen LogP contribution in [0.2, 0.25) is 0 Å². The van der Waals surface area contributed by atoms with E-state index in [2.05, 4.69) is 10.4 Å². The number of hydrogen-bond donors (Lipinski definition) is 1. The smallest absolute Gasteiger partial charge is 0.277 e. The average Bonchev–Trinajstić information content (AvgIpc) is 3.26. The van der Waals surface area contributed by atoms with Gasteiger partial charge < -0.3 is 19.4 Å². The molecule has 2 aromatic heterocycles. The molecule has 8 nitrogen and oxygen atoms in total. The standard InChI is InChI=1S/C25H26N4O4/c1-17-4-7-19(8-5-17)20-15-21-25(31)28(12-13-29(21)27-20)16-24(30)26-11-10-18-6-9-22(32-2)23(14-18)33-3/h4-9,12-15H,10-11,16H2,1-3H3,(H,26,30). The zero-order valence-corrected chi connectivity index (χ0v) is 18.9. The van der Waals surface area contributed by atoms with Gasteiger partial charge in [0.15, 0.2) is 11.5 Å². The Labute approximate surface area is 191 Å². The Morgan fingerprint density at radius 2 is 1.76 bits per heavy atom. The van der Waals surface area contributed by atoms with E-state index in [1.165, 1.54) is 4.57 Å². The topological polar surface area (TPSA) is 86.9 Å². The van der Waals surface area contributed by atoms with Crippen molar-refractivity contribution in [2.75, 3.05) is 20.8 Å². The first kappa shape index (κ1) is 22.1. The second-order valence-electron chi connectivity index (χ2n) is 7.75. The molecule has 1 amide bonds. The van der Waals surface area contributed by atoms with Crippen LogP contribution in [-0.2, 0) is 17.8 Å². The molecule has 0 saturated heterocycles. The van der Waals surface area contributed by atoms with E-state index in [0.717, 1.165) is 16.7 Å². The average molecular weight is 447 g/mol. The van der Waals surface area contributed by atoms with Crippen LogP contribution < -0.4 is 20.3 Å². The fourth-order valence-corrected chi connectivity index (χ4v) is 3.61. The van der Waals surface area contributed by atoms with E-state index >= 15 is 0 Å². The van der Waals surface area contributed by atoms with Gasteiger partial charge in [0, 0.05) is 24.5 Å². The van der Waals surface area contributed by atoms with Gasteiger partial charge in [-0.05, 0) is 37.1 Å². The van der Waals surface area contributed by atoms with Crippen molar-refractivity contribution in [2.45, 2.75) is 19.9 Å². The number of hydrogen-bond acceptors (Lipinski definition) is 5. The first-order valence-electron chi connectivity index (χ1n) is 10.6. The summed E-state index contributed by atoms with van der Waals surface area (Å²) >= 11 is 0. The molecule has 0 unspecified atom stereocenters. The van der Waals surface area contributed by atoms with E-state index in [0.29, 0.717) is 35.7 Å². The quantitative estimate of drug-likeness (QED) is 0.450.